The monoisotopic (exact) mass is 340 g/mol. The summed E-state index contributed by atoms with van der Waals surface area (Å²) in [4.78, 5) is 24.9. The first-order valence-electron chi connectivity index (χ1n) is 8.46. The van der Waals surface area contributed by atoms with E-state index in [2.05, 4.69) is 10.6 Å². The Morgan fingerprint density at radius 2 is 1.68 bits per heavy atom. The first-order chi connectivity index (χ1) is 12.0. The fourth-order valence-corrected chi connectivity index (χ4v) is 2.72. The van der Waals surface area contributed by atoms with Crippen molar-refractivity contribution in [2.24, 2.45) is 0 Å². The van der Waals surface area contributed by atoms with Crippen LogP contribution in [-0.4, -0.2) is 32.5 Å². The van der Waals surface area contributed by atoms with Crippen molar-refractivity contribution in [1.82, 2.24) is 10.6 Å². The first kappa shape index (κ1) is 18.7. The van der Waals surface area contributed by atoms with Crippen LogP contribution >= 0.6 is 0 Å². The molecule has 0 aliphatic rings. The summed E-state index contributed by atoms with van der Waals surface area (Å²) in [5.41, 5.74) is 2.82. The first-order valence-corrected chi connectivity index (χ1v) is 8.46. The highest BCUT2D eigenvalue weighted by Crippen LogP contribution is 2.10. The van der Waals surface area contributed by atoms with Gasteiger partial charge in [-0.2, -0.15) is 0 Å². The fraction of sp³-hybridized carbons (Fsp3) is 0.300. The molecule has 2 rings (SSSR count). The average Bonchev–Trinajstić information content (AvgIpc) is 2.62. The number of nitrogens with one attached hydrogen (secondary N) is 3. The highest BCUT2D eigenvalue weighted by molar-refractivity contribution is 5.93. The van der Waals surface area contributed by atoms with Gasteiger partial charge in [0.2, 0.25) is 0 Å². The zero-order valence-corrected chi connectivity index (χ0v) is 15.0. The minimum Gasteiger partial charge on any atom is -0.355 e. The number of benzene rings is 2. The number of hydrogen-bond donors (Lipinski definition) is 3. The van der Waals surface area contributed by atoms with E-state index in [4.69, 9.17) is 0 Å². The van der Waals surface area contributed by atoms with Crippen LogP contribution in [0, 0.1) is 0 Å². The number of rotatable bonds is 7. The molecule has 3 N–H and O–H groups in total. The van der Waals surface area contributed by atoms with Gasteiger partial charge < -0.3 is 15.5 Å². The molecule has 0 saturated heterocycles. The largest absolute Gasteiger partial charge is 0.355 e. The Morgan fingerprint density at radius 1 is 1.04 bits per heavy atom. The minimum atomic E-state index is -0.0958. The fourth-order valence-electron chi connectivity index (χ4n) is 2.72. The molecule has 25 heavy (non-hydrogen) atoms. The van der Waals surface area contributed by atoms with Gasteiger partial charge in [-0.25, -0.2) is 0 Å². The Hall–Kier alpha value is -2.66. The molecule has 0 aliphatic heterocycles. The predicted molar refractivity (Wildman–Crippen MR) is 98.3 cm³/mol. The highest BCUT2D eigenvalue weighted by atomic mass is 16.2. The number of carbonyl (C=O) groups is 2. The van der Waals surface area contributed by atoms with Crippen molar-refractivity contribution in [3.8, 4) is 0 Å². The van der Waals surface area contributed by atoms with Gasteiger partial charge in [0.15, 0.2) is 6.54 Å². The SMILES string of the molecule is CNC(=O)c1ccc(C[NH+](C)CC(=O)N[C@H](C)c2ccccc2)cc1. The molecule has 0 spiro atoms. The van der Waals surface area contributed by atoms with Gasteiger partial charge in [-0.15, -0.1) is 0 Å². The lowest BCUT2D eigenvalue weighted by Gasteiger charge is -2.17. The van der Waals surface area contributed by atoms with Crippen LogP contribution in [0.15, 0.2) is 54.6 Å². The van der Waals surface area contributed by atoms with Crippen molar-refractivity contribution in [3.63, 3.8) is 0 Å². The molecule has 5 heteroatoms. The lowest BCUT2D eigenvalue weighted by atomic mass is 10.1. The second-order valence-electron chi connectivity index (χ2n) is 6.29. The maximum Gasteiger partial charge on any atom is 0.275 e. The van der Waals surface area contributed by atoms with E-state index in [1.165, 1.54) is 0 Å². The van der Waals surface area contributed by atoms with Crippen LogP contribution in [0.2, 0.25) is 0 Å². The Balaban J connectivity index is 1.84. The van der Waals surface area contributed by atoms with Gasteiger partial charge in [-0.3, -0.25) is 9.59 Å². The summed E-state index contributed by atoms with van der Waals surface area (Å²) in [6.45, 7) is 3.11. The maximum atomic E-state index is 12.2. The van der Waals surface area contributed by atoms with E-state index in [-0.39, 0.29) is 17.9 Å². The zero-order valence-electron chi connectivity index (χ0n) is 15.0. The lowest BCUT2D eigenvalue weighted by Crippen LogP contribution is -3.08. The van der Waals surface area contributed by atoms with E-state index in [1.54, 1.807) is 19.2 Å². The topological polar surface area (TPSA) is 62.6 Å². The van der Waals surface area contributed by atoms with Gasteiger partial charge >= 0.3 is 0 Å². The van der Waals surface area contributed by atoms with Gasteiger partial charge in [-0.1, -0.05) is 42.5 Å². The van der Waals surface area contributed by atoms with E-state index >= 15 is 0 Å². The molecule has 2 aromatic rings. The standard InChI is InChI=1S/C20H25N3O2/c1-15(17-7-5-4-6-8-17)22-19(24)14-23(3)13-16-9-11-18(12-10-16)20(25)21-2/h4-12,15H,13-14H2,1-3H3,(H,21,25)(H,22,24)/p+1/t15-/m1/s1. The number of hydrogen-bond acceptors (Lipinski definition) is 2. The van der Waals surface area contributed by atoms with Gasteiger partial charge in [0.05, 0.1) is 13.1 Å². The van der Waals surface area contributed by atoms with Crippen LogP contribution in [0.3, 0.4) is 0 Å². The summed E-state index contributed by atoms with van der Waals surface area (Å²) in [6, 6.07) is 17.4. The van der Waals surface area contributed by atoms with Crippen molar-refractivity contribution < 1.29 is 14.5 Å². The summed E-state index contributed by atoms with van der Waals surface area (Å²) in [5, 5.41) is 5.63. The number of amides is 2. The molecule has 132 valence electrons. The zero-order chi connectivity index (χ0) is 18.2. The van der Waals surface area contributed by atoms with Crippen molar-refractivity contribution in [3.05, 3.63) is 71.3 Å². The number of carbonyl (C=O) groups excluding carboxylic acids is 2. The normalized spacial score (nSPS) is 12.9. The molecule has 0 saturated carbocycles. The van der Waals surface area contributed by atoms with Crippen LogP contribution in [0.25, 0.3) is 0 Å². The Morgan fingerprint density at radius 3 is 2.28 bits per heavy atom. The molecule has 5 nitrogen and oxygen atoms in total. The molecule has 0 aliphatic carbocycles. The summed E-state index contributed by atoms with van der Waals surface area (Å²) < 4.78 is 0. The second kappa shape index (κ2) is 8.99. The van der Waals surface area contributed by atoms with Crippen LogP contribution < -0.4 is 15.5 Å². The molecular weight excluding hydrogens is 314 g/mol. The molecule has 0 heterocycles. The van der Waals surface area contributed by atoms with Crippen LogP contribution in [0.5, 0.6) is 0 Å². The van der Waals surface area contributed by atoms with E-state index in [0.29, 0.717) is 12.1 Å². The average molecular weight is 340 g/mol. The van der Waals surface area contributed by atoms with Crippen molar-refractivity contribution in [2.75, 3.05) is 20.6 Å². The summed E-state index contributed by atoms with van der Waals surface area (Å²) >= 11 is 0. The predicted octanol–water partition coefficient (Wildman–Crippen LogP) is 0.938. The van der Waals surface area contributed by atoms with Gasteiger partial charge in [0.1, 0.15) is 6.54 Å². The van der Waals surface area contributed by atoms with Gasteiger partial charge in [-0.05, 0) is 24.6 Å². The third-order valence-corrected chi connectivity index (χ3v) is 4.09. The molecular formula is C20H26N3O2+. The molecule has 1 unspecified atom stereocenters. The molecule has 2 aromatic carbocycles. The Kier molecular flexibility index (Phi) is 6.71. The second-order valence-corrected chi connectivity index (χ2v) is 6.29. The summed E-state index contributed by atoms with van der Waals surface area (Å²) in [5.74, 6) is -0.0719. The van der Waals surface area contributed by atoms with E-state index in [1.807, 2.05) is 56.4 Å². The third-order valence-electron chi connectivity index (χ3n) is 4.09. The third kappa shape index (κ3) is 5.72. The minimum absolute atomic E-state index is 0.00617. The number of quaternary nitrogens is 1. The molecule has 2 atom stereocenters. The summed E-state index contributed by atoms with van der Waals surface area (Å²) in [7, 11) is 3.60. The molecule has 2 amide bonds. The highest BCUT2D eigenvalue weighted by Gasteiger charge is 2.14. The van der Waals surface area contributed by atoms with Crippen molar-refractivity contribution >= 4 is 11.8 Å². The van der Waals surface area contributed by atoms with Crippen molar-refractivity contribution in [1.29, 1.82) is 0 Å². The van der Waals surface area contributed by atoms with E-state index in [0.717, 1.165) is 22.6 Å². The van der Waals surface area contributed by atoms with Gasteiger partial charge in [0, 0.05) is 18.2 Å². The Bertz CT molecular complexity index is 699. The van der Waals surface area contributed by atoms with Crippen LogP contribution in [0.4, 0.5) is 0 Å². The van der Waals surface area contributed by atoms with Gasteiger partial charge in [0.25, 0.3) is 11.8 Å². The van der Waals surface area contributed by atoms with Crippen LogP contribution in [-0.2, 0) is 11.3 Å². The molecule has 0 bridgehead atoms. The number of likely N-dealkylation sites (N-methyl/N-ethyl adjacent to an activating group) is 1. The smallest absolute Gasteiger partial charge is 0.275 e. The van der Waals surface area contributed by atoms with E-state index in [9.17, 15) is 9.59 Å². The lowest BCUT2D eigenvalue weighted by molar-refractivity contribution is -0.885. The Labute approximate surface area is 149 Å². The van der Waals surface area contributed by atoms with E-state index < -0.39 is 0 Å². The molecule has 0 fully saturated rings. The molecule has 0 radical (unpaired) electrons. The summed E-state index contributed by atoms with van der Waals surface area (Å²) in [6.07, 6.45) is 0. The molecule has 0 aromatic heterocycles. The quantitative estimate of drug-likeness (QED) is 0.702. The van der Waals surface area contributed by atoms with Crippen molar-refractivity contribution in [2.45, 2.75) is 19.5 Å². The maximum absolute atomic E-state index is 12.2. The van der Waals surface area contributed by atoms with Crippen LogP contribution in [0.1, 0.15) is 34.5 Å².